The monoisotopic (exact) mass is 304 g/mol. The number of nitrogens with zero attached hydrogens (tertiary/aromatic N) is 1. The molecule has 0 saturated carbocycles. The summed E-state index contributed by atoms with van der Waals surface area (Å²) in [7, 11) is -2.39. The Labute approximate surface area is 116 Å². The molecule has 0 bridgehead atoms. The van der Waals surface area contributed by atoms with Gasteiger partial charge < -0.3 is 10.1 Å². The van der Waals surface area contributed by atoms with Crippen molar-refractivity contribution in [2.45, 2.75) is 17.9 Å². The summed E-state index contributed by atoms with van der Waals surface area (Å²) in [6.07, 6.45) is 0. The molecule has 6 nitrogen and oxygen atoms in total. The van der Waals surface area contributed by atoms with Gasteiger partial charge in [0.2, 0.25) is 10.0 Å². The molecule has 0 spiro atoms. The number of carbonyl (C=O) groups excluding carboxylic acids is 1. The van der Waals surface area contributed by atoms with Gasteiger partial charge in [-0.3, -0.25) is 0 Å². The number of ether oxygens (including phenoxy) is 1. The number of sulfonamides is 1. The standard InChI is InChI=1S/C11H16N2O4S2/c1-8-7-13(5-4-12-8)19(15,16)9-3-6-18-10(9)11(14)17-2/h3,6,8,12H,4-5,7H2,1-2H3. The largest absolute Gasteiger partial charge is 0.465 e. The van der Waals surface area contributed by atoms with Crippen LogP contribution in [0.25, 0.3) is 0 Å². The molecule has 0 aromatic carbocycles. The van der Waals surface area contributed by atoms with Gasteiger partial charge >= 0.3 is 5.97 Å². The summed E-state index contributed by atoms with van der Waals surface area (Å²) in [5.74, 6) is -0.614. The Kier molecular flexibility index (Phi) is 4.24. The summed E-state index contributed by atoms with van der Waals surface area (Å²) in [4.78, 5) is 11.8. The average Bonchev–Trinajstić information content (AvgIpc) is 2.87. The van der Waals surface area contributed by atoms with Crippen molar-refractivity contribution in [2.24, 2.45) is 0 Å². The number of thiophene rings is 1. The van der Waals surface area contributed by atoms with E-state index in [9.17, 15) is 13.2 Å². The summed E-state index contributed by atoms with van der Waals surface area (Å²) in [6, 6.07) is 1.56. The molecule has 8 heteroatoms. The van der Waals surface area contributed by atoms with Gasteiger partial charge in [-0.25, -0.2) is 13.2 Å². The van der Waals surface area contributed by atoms with Gasteiger partial charge in [-0.15, -0.1) is 11.3 Å². The molecule has 1 aromatic rings. The van der Waals surface area contributed by atoms with Crippen LogP contribution in [0.5, 0.6) is 0 Å². The number of hydrogen-bond donors (Lipinski definition) is 1. The van der Waals surface area contributed by atoms with E-state index in [1.807, 2.05) is 6.92 Å². The lowest BCUT2D eigenvalue weighted by atomic mass is 10.3. The summed E-state index contributed by atoms with van der Waals surface area (Å²) < 4.78 is 31.1. The molecule has 1 unspecified atom stereocenters. The highest BCUT2D eigenvalue weighted by molar-refractivity contribution is 7.89. The summed E-state index contributed by atoms with van der Waals surface area (Å²) >= 11 is 1.08. The molecule has 0 radical (unpaired) electrons. The Morgan fingerprint density at radius 2 is 2.32 bits per heavy atom. The van der Waals surface area contributed by atoms with E-state index in [0.29, 0.717) is 19.6 Å². The van der Waals surface area contributed by atoms with Crippen LogP contribution in [0.3, 0.4) is 0 Å². The molecule has 0 aliphatic carbocycles. The normalized spacial score (nSPS) is 21.3. The smallest absolute Gasteiger partial charge is 0.349 e. The van der Waals surface area contributed by atoms with Crippen molar-refractivity contribution in [1.29, 1.82) is 0 Å². The maximum absolute atomic E-state index is 12.5. The number of methoxy groups -OCH3 is 1. The SMILES string of the molecule is COC(=O)c1sccc1S(=O)(=O)N1CCNC(C)C1. The van der Waals surface area contributed by atoms with Gasteiger partial charge in [0.25, 0.3) is 0 Å². The minimum Gasteiger partial charge on any atom is -0.465 e. The summed E-state index contributed by atoms with van der Waals surface area (Å²) in [5, 5.41) is 4.77. The van der Waals surface area contributed by atoms with Crippen molar-refractivity contribution in [3.63, 3.8) is 0 Å². The van der Waals surface area contributed by atoms with Crippen molar-refractivity contribution in [2.75, 3.05) is 26.7 Å². The molecule has 2 heterocycles. The zero-order chi connectivity index (χ0) is 14.0. The minimum atomic E-state index is -3.63. The number of nitrogens with one attached hydrogen (secondary N) is 1. The molecule has 1 N–H and O–H groups in total. The number of esters is 1. The zero-order valence-corrected chi connectivity index (χ0v) is 12.4. The van der Waals surface area contributed by atoms with Crippen molar-refractivity contribution in [3.8, 4) is 0 Å². The molecule has 19 heavy (non-hydrogen) atoms. The minimum absolute atomic E-state index is 0.0402. The van der Waals surface area contributed by atoms with Crippen molar-refractivity contribution >= 4 is 27.3 Å². The highest BCUT2D eigenvalue weighted by atomic mass is 32.2. The van der Waals surface area contributed by atoms with Crippen molar-refractivity contribution < 1.29 is 17.9 Å². The van der Waals surface area contributed by atoms with Crippen LogP contribution in [0.1, 0.15) is 16.6 Å². The molecule has 1 aliphatic heterocycles. The Bertz CT molecular complexity index is 567. The van der Waals surface area contributed by atoms with E-state index in [1.165, 1.54) is 17.5 Å². The molecule has 1 aliphatic rings. The van der Waals surface area contributed by atoms with E-state index in [4.69, 9.17) is 0 Å². The molecule has 106 valence electrons. The van der Waals surface area contributed by atoms with Gasteiger partial charge in [0, 0.05) is 25.7 Å². The molecule has 0 amide bonds. The van der Waals surface area contributed by atoms with Gasteiger partial charge in [0.1, 0.15) is 9.77 Å². The fourth-order valence-corrected chi connectivity index (χ4v) is 4.83. The first-order valence-electron chi connectivity index (χ1n) is 5.86. The van der Waals surface area contributed by atoms with Gasteiger partial charge in [-0.1, -0.05) is 0 Å². The van der Waals surface area contributed by atoms with Gasteiger partial charge in [0.15, 0.2) is 0 Å². The molecule has 1 saturated heterocycles. The van der Waals surface area contributed by atoms with Gasteiger partial charge in [0.05, 0.1) is 7.11 Å². The Morgan fingerprint density at radius 1 is 1.58 bits per heavy atom. The summed E-state index contributed by atoms with van der Waals surface area (Å²) in [6.45, 7) is 3.34. The zero-order valence-electron chi connectivity index (χ0n) is 10.8. The lowest BCUT2D eigenvalue weighted by molar-refractivity contribution is 0.0602. The summed E-state index contributed by atoms with van der Waals surface area (Å²) in [5.41, 5.74) is 0. The van der Waals surface area contributed by atoms with Crippen LogP contribution in [0.2, 0.25) is 0 Å². The van der Waals surface area contributed by atoms with Crippen LogP contribution in [0.4, 0.5) is 0 Å². The number of hydrogen-bond acceptors (Lipinski definition) is 6. The molecular formula is C11H16N2O4S2. The second-order valence-corrected chi connectivity index (χ2v) is 7.15. The first kappa shape index (κ1) is 14.4. The first-order chi connectivity index (χ1) is 8.96. The molecule has 1 atom stereocenters. The highest BCUT2D eigenvalue weighted by Gasteiger charge is 2.32. The van der Waals surface area contributed by atoms with E-state index in [-0.39, 0.29) is 15.8 Å². The number of carbonyl (C=O) groups is 1. The Morgan fingerprint density at radius 3 is 2.95 bits per heavy atom. The molecule has 1 fully saturated rings. The van der Waals surface area contributed by atoms with Crippen LogP contribution >= 0.6 is 11.3 Å². The predicted molar refractivity (Wildman–Crippen MR) is 71.9 cm³/mol. The second kappa shape index (κ2) is 5.58. The van der Waals surface area contributed by atoms with Crippen LogP contribution < -0.4 is 5.32 Å². The third-order valence-electron chi connectivity index (χ3n) is 2.95. The lowest BCUT2D eigenvalue weighted by Crippen LogP contribution is -2.51. The predicted octanol–water partition coefficient (Wildman–Crippen LogP) is 0.517. The van der Waals surface area contributed by atoms with Crippen molar-refractivity contribution in [3.05, 3.63) is 16.3 Å². The van der Waals surface area contributed by atoms with E-state index in [2.05, 4.69) is 10.1 Å². The second-order valence-electron chi connectivity index (χ2n) is 4.32. The fraction of sp³-hybridized carbons (Fsp3) is 0.545. The van der Waals surface area contributed by atoms with Crippen LogP contribution in [0, 0.1) is 0 Å². The quantitative estimate of drug-likeness (QED) is 0.824. The third kappa shape index (κ3) is 2.81. The fourth-order valence-electron chi connectivity index (χ4n) is 2.00. The topological polar surface area (TPSA) is 75.7 Å². The molecule has 1 aromatic heterocycles. The molecular weight excluding hydrogens is 288 g/mol. The number of piperazine rings is 1. The highest BCUT2D eigenvalue weighted by Crippen LogP contribution is 2.26. The maximum atomic E-state index is 12.5. The van der Waals surface area contributed by atoms with Crippen LogP contribution in [-0.2, 0) is 14.8 Å². The maximum Gasteiger partial charge on any atom is 0.349 e. The van der Waals surface area contributed by atoms with Crippen LogP contribution in [-0.4, -0.2) is 51.5 Å². The molecule has 2 rings (SSSR count). The van der Waals surface area contributed by atoms with Gasteiger partial charge in [-0.05, 0) is 18.4 Å². The average molecular weight is 304 g/mol. The van der Waals surface area contributed by atoms with E-state index >= 15 is 0 Å². The Balaban J connectivity index is 2.34. The van der Waals surface area contributed by atoms with Crippen LogP contribution in [0.15, 0.2) is 16.3 Å². The third-order valence-corrected chi connectivity index (χ3v) is 5.88. The lowest BCUT2D eigenvalue weighted by Gasteiger charge is -2.30. The number of rotatable bonds is 3. The van der Waals surface area contributed by atoms with Gasteiger partial charge in [-0.2, -0.15) is 4.31 Å². The van der Waals surface area contributed by atoms with E-state index in [0.717, 1.165) is 11.3 Å². The first-order valence-corrected chi connectivity index (χ1v) is 8.18. The van der Waals surface area contributed by atoms with E-state index in [1.54, 1.807) is 5.38 Å². The van der Waals surface area contributed by atoms with Crippen molar-refractivity contribution in [1.82, 2.24) is 9.62 Å². The Hall–Kier alpha value is -0.960. The van der Waals surface area contributed by atoms with E-state index < -0.39 is 16.0 Å².